The van der Waals surface area contributed by atoms with Gasteiger partial charge in [0.1, 0.15) is 23.8 Å². The molecule has 0 amide bonds. The van der Waals surface area contributed by atoms with Crippen LogP contribution in [-0.4, -0.2) is 68.2 Å². The highest BCUT2D eigenvalue weighted by molar-refractivity contribution is 7.89. The maximum atomic E-state index is 11.6. The van der Waals surface area contributed by atoms with E-state index >= 15 is 0 Å². The number of nitrogens with two attached hydrogens (primary N) is 2. The van der Waals surface area contributed by atoms with Crippen LogP contribution in [0.3, 0.4) is 0 Å². The molecule has 13 heteroatoms. The molecule has 126 valence electrons. The van der Waals surface area contributed by atoms with Gasteiger partial charge in [0, 0.05) is 0 Å². The van der Waals surface area contributed by atoms with Crippen molar-refractivity contribution in [3.8, 4) is 0 Å². The fourth-order valence-electron chi connectivity index (χ4n) is 2.40. The fraction of sp³-hybridized carbons (Fsp3) is 0.500. The molecule has 0 spiro atoms. The molecule has 2 aromatic heterocycles. The molecule has 0 radical (unpaired) electrons. The Hall–Kier alpha value is -1.90. The standard InChI is InChI=1S/C10H14N6O6S/c11-10-14-7-4(8(15-10)23(12,20)21)13-2-16(7)9-6(19)5(18)3(1-17)22-9/h2-3,5-6,9,17-19H,1H2,(H2,11,14,15)(H2,12,20,21)/t3-,5-,6-,9-/m0/s1. The number of nitrogen functional groups attached to an aromatic ring is 1. The summed E-state index contributed by atoms with van der Waals surface area (Å²) in [6.45, 7) is -0.513. The van der Waals surface area contributed by atoms with E-state index in [1.54, 1.807) is 0 Å². The molecule has 7 N–H and O–H groups in total. The lowest BCUT2D eigenvalue weighted by molar-refractivity contribution is -0.0511. The van der Waals surface area contributed by atoms with Crippen LogP contribution in [-0.2, 0) is 14.8 Å². The average Bonchev–Trinajstić information content (AvgIpc) is 3.00. The monoisotopic (exact) mass is 346 g/mol. The number of sulfonamides is 1. The summed E-state index contributed by atoms with van der Waals surface area (Å²) in [5.41, 5.74) is 5.29. The van der Waals surface area contributed by atoms with Crippen molar-refractivity contribution in [3.05, 3.63) is 6.33 Å². The quantitative estimate of drug-likeness (QED) is 0.350. The summed E-state index contributed by atoms with van der Waals surface area (Å²) >= 11 is 0. The van der Waals surface area contributed by atoms with Crippen LogP contribution in [0, 0.1) is 0 Å². The minimum atomic E-state index is -4.20. The Bertz CT molecular complexity index is 853. The van der Waals surface area contributed by atoms with Crippen molar-refractivity contribution >= 4 is 27.1 Å². The molecule has 1 fully saturated rings. The third-order valence-electron chi connectivity index (χ3n) is 3.47. The van der Waals surface area contributed by atoms with Crippen molar-refractivity contribution in [2.45, 2.75) is 29.6 Å². The minimum Gasteiger partial charge on any atom is -0.394 e. The molecule has 23 heavy (non-hydrogen) atoms. The van der Waals surface area contributed by atoms with Gasteiger partial charge >= 0.3 is 0 Å². The van der Waals surface area contributed by atoms with Crippen LogP contribution in [0.1, 0.15) is 6.23 Å². The first kappa shape index (κ1) is 16.0. The van der Waals surface area contributed by atoms with Crippen LogP contribution in [0.5, 0.6) is 0 Å². The number of hydrogen-bond donors (Lipinski definition) is 5. The van der Waals surface area contributed by atoms with Crippen molar-refractivity contribution in [1.29, 1.82) is 0 Å². The predicted octanol–water partition coefficient (Wildman–Crippen LogP) is -3.33. The highest BCUT2D eigenvalue weighted by Gasteiger charge is 2.44. The van der Waals surface area contributed by atoms with E-state index in [1.165, 1.54) is 4.57 Å². The summed E-state index contributed by atoms with van der Waals surface area (Å²) in [7, 11) is -4.20. The molecule has 0 aromatic carbocycles. The molecular formula is C10H14N6O6S. The number of nitrogens with zero attached hydrogens (tertiary/aromatic N) is 4. The van der Waals surface area contributed by atoms with Gasteiger partial charge in [-0.15, -0.1) is 0 Å². The van der Waals surface area contributed by atoms with Gasteiger partial charge < -0.3 is 25.8 Å². The van der Waals surface area contributed by atoms with Gasteiger partial charge in [0.25, 0.3) is 10.0 Å². The summed E-state index contributed by atoms with van der Waals surface area (Å²) in [5, 5.41) is 33.5. The minimum absolute atomic E-state index is 0.0450. The summed E-state index contributed by atoms with van der Waals surface area (Å²) in [4.78, 5) is 11.3. The molecule has 0 aliphatic carbocycles. The SMILES string of the molecule is Nc1nc(S(N)(=O)=O)c2ncn([C@H]3O[C@@H](CO)[C@H](O)[C@@H]3O)c2n1. The number of rotatable bonds is 3. The van der Waals surface area contributed by atoms with E-state index in [2.05, 4.69) is 15.0 Å². The van der Waals surface area contributed by atoms with Gasteiger partial charge in [-0.3, -0.25) is 4.57 Å². The van der Waals surface area contributed by atoms with Crippen molar-refractivity contribution in [3.63, 3.8) is 0 Å². The zero-order valence-electron chi connectivity index (χ0n) is 11.5. The van der Waals surface area contributed by atoms with Crippen molar-refractivity contribution in [2.24, 2.45) is 5.14 Å². The number of hydrogen-bond acceptors (Lipinski definition) is 10. The Balaban J connectivity index is 2.16. The van der Waals surface area contributed by atoms with Crippen LogP contribution in [0.25, 0.3) is 11.2 Å². The van der Waals surface area contributed by atoms with Gasteiger partial charge in [0.05, 0.1) is 12.9 Å². The van der Waals surface area contributed by atoms with Crippen molar-refractivity contribution < 1.29 is 28.5 Å². The molecule has 12 nitrogen and oxygen atoms in total. The van der Waals surface area contributed by atoms with E-state index in [1.807, 2.05) is 0 Å². The normalized spacial score (nSPS) is 28.5. The first-order valence-electron chi connectivity index (χ1n) is 6.39. The van der Waals surface area contributed by atoms with Crippen LogP contribution in [0.4, 0.5) is 5.95 Å². The smallest absolute Gasteiger partial charge is 0.258 e. The molecule has 0 saturated carbocycles. The van der Waals surface area contributed by atoms with Gasteiger partial charge in [-0.05, 0) is 0 Å². The molecule has 1 aliphatic heterocycles. The number of imidazole rings is 1. The van der Waals surface area contributed by atoms with E-state index < -0.39 is 46.2 Å². The maximum Gasteiger partial charge on any atom is 0.258 e. The van der Waals surface area contributed by atoms with Crippen LogP contribution >= 0.6 is 0 Å². The number of anilines is 1. The Kier molecular flexibility index (Phi) is 3.70. The van der Waals surface area contributed by atoms with E-state index in [0.717, 1.165) is 6.33 Å². The number of ether oxygens (including phenoxy) is 1. The number of fused-ring (bicyclic) bond motifs is 1. The van der Waals surface area contributed by atoms with Gasteiger partial charge in [0.2, 0.25) is 11.0 Å². The highest BCUT2D eigenvalue weighted by atomic mass is 32.2. The van der Waals surface area contributed by atoms with Crippen LogP contribution in [0.15, 0.2) is 11.4 Å². The third kappa shape index (κ3) is 2.52. The average molecular weight is 346 g/mol. The highest BCUT2D eigenvalue weighted by Crippen LogP contribution is 2.32. The van der Waals surface area contributed by atoms with Gasteiger partial charge in [0.15, 0.2) is 11.9 Å². The maximum absolute atomic E-state index is 11.6. The van der Waals surface area contributed by atoms with E-state index in [4.69, 9.17) is 20.7 Å². The topological polar surface area (TPSA) is 200 Å². The van der Waals surface area contributed by atoms with Gasteiger partial charge in [-0.1, -0.05) is 0 Å². The van der Waals surface area contributed by atoms with Crippen LogP contribution < -0.4 is 10.9 Å². The second-order valence-electron chi connectivity index (χ2n) is 4.98. The zero-order valence-corrected chi connectivity index (χ0v) is 12.3. The first-order valence-corrected chi connectivity index (χ1v) is 7.94. The van der Waals surface area contributed by atoms with Crippen molar-refractivity contribution in [2.75, 3.05) is 12.3 Å². The van der Waals surface area contributed by atoms with Gasteiger partial charge in [-0.2, -0.15) is 9.97 Å². The summed E-state index contributed by atoms with van der Waals surface area (Å²) in [5.74, 6) is -0.366. The molecule has 1 aliphatic rings. The van der Waals surface area contributed by atoms with E-state index in [9.17, 15) is 18.6 Å². The third-order valence-corrected chi connectivity index (χ3v) is 4.29. The second-order valence-corrected chi connectivity index (χ2v) is 6.46. The summed E-state index contributed by atoms with van der Waals surface area (Å²) in [6, 6.07) is 0. The number of aromatic nitrogens is 4. The lowest BCUT2D eigenvalue weighted by Crippen LogP contribution is -2.33. The predicted molar refractivity (Wildman–Crippen MR) is 74.1 cm³/mol. The molecular weight excluding hydrogens is 332 g/mol. The Morgan fingerprint density at radius 1 is 1.30 bits per heavy atom. The summed E-state index contributed by atoms with van der Waals surface area (Å²) in [6.07, 6.45) is -3.73. The van der Waals surface area contributed by atoms with E-state index in [-0.39, 0.29) is 17.1 Å². The Morgan fingerprint density at radius 3 is 2.57 bits per heavy atom. The Morgan fingerprint density at radius 2 is 2.00 bits per heavy atom. The lowest BCUT2D eigenvalue weighted by atomic mass is 10.1. The number of aliphatic hydroxyl groups excluding tert-OH is 3. The molecule has 2 aromatic rings. The largest absolute Gasteiger partial charge is 0.394 e. The van der Waals surface area contributed by atoms with Crippen molar-refractivity contribution in [1.82, 2.24) is 19.5 Å². The molecule has 0 unspecified atom stereocenters. The number of primary sulfonamides is 1. The number of aliphatic hydroxyl groups is 3. The Labute approximate surface area is 129 Å². The zero-order chi connectivity index (χ0) is 16.9. The van der Waals surface area contributed by atoms with Gasteiger partial charge in [-0.25, -0.2) is 18.5 Å². The fourth-order valence-corrected chi connectivity index (χ4v) is 3.04. The second kappa shape index (κ2) is 5.33. The molecule has 4 atom stereocenters. The molecule has 1 saturated heterocycles. The van der Waals surface area contributed by atoms with E-state index in [0.29, 0.717) is 0 Å². The molecule has 3 heterocycles. The first-order chi connectivity index (χ1) is 10.7. The summed E-state index contributed by atoms with van der Waals surface area (Å²) < 4.78 is 29.7. The molecule has 3 rings (SSSR count). The van der Waals surface area contributed by atoms with Crippen LogP contribution in [0.2, 0.25) is 0 Å². The lowest BCUT2D eigenvalue weighted by Gasteiger charge is -2.16. The molecule has 0 bridgehead atoms.